The van der Waals surface area contributed by atoms with Gasteiger partial charge in [0.15, 0.2) is 16.9 Å². The fourth-order valence-corrected chi connectivity index (χ4v) is 5.80. The Morgan fingerprint density at radius 3 is 1.47 bits per heavy atom. The number of imide groups is 1. The lowest BCUT2D eigenvalue weighted by Gasteiger charge is -2.15. The highest BCUT2D eigenvalue weighted by atomic mass is 32.2. The SMILES string of the molecule is C=C1CCC(=O)N1OC(=O)CCOCCOc1ccc(-c2nnc(C)nn2)cc1.Cc1nnc(-c2ccc(OCCOCCC(=O)ON3C(=O)CC(S(=O)(=O)O)C3=O)cc2)nn1. The topological polar surface area (TPSA) is 305 Å². The van der Waals surface area contributed by atoms with Crippen molar-refractivity contribution in [2.24, 2.45) is 0 Å². The summed E-state index contributed by atoms with van der Waals surface area (Å²) in [5.74, 6) is -1.12. The second-order valence-electron chi connectivity index (χ2n) is 12.9. The molecule has 6 rings (SSSR count). The molecule has 328 valence electrons. The highest BCUT2D eigenvalue weighted by molar-refractivity contribution is 7.87. The fourth-order valence-electron chi connectivity index (χ4n) is 5.09. The van der Waals surface area contributed by atoms with Crippen molar-refractivity contribution in [1.29, 1.82) is 0 Å². The number of benzene rings is 2. The van der Waals surface area contributed by atoms with E-state index in [2.05, 4.69) is 52.2 Å². The molecule has 0 radical (unpaired) electrons. The van der Waals surface area contributed by atoms with Gasteiger partial charge in [0.1, 0.15) is 24.7 Å². The Balaban J connectivity index is 0.000000236. The summed E-state index contributed by atoms with van der Waals surface area (Å²) in [5, 5.41) is 30.3. The Morgan fingerprint density at radius 1 is 0.645 bits per heavy atom. The zero-order valence-electron chi connectivity index (χ0n) is 33.3. The minimum atomic E-state index is -4.78. The van der Waals surface area contributed by atoms with Crippen molar-refractivity contribution in [2.45, 2.75) is 51.2 Å². The van der Waals surface area contributed by atoms with Gasteiger partial charge in [0, 0.05) is 17.5 Å². The molecule has 2 aliphatic heterocycles. The standard InChI is InChI=1S/C19H21N5O5.C18H19N5O9S/c1-13-3-8-17(25)24(13)29-18(26)9-10-27-11-12-28-16-6-4-15(5-7-16)19-22-20-14(2)21-23-19;1-11-19-21-17(22-20-11)12-2-4-13(5-3-12)31-9-8-30-7-6-16(25)32-23-15(24)10-14(18(23)26)33(27,28)29/h4-7H,1,3,8-12H2,2H3;2-5,14H,6-10H2,1H3,(H,27,28,29). The van der Waals surface area contributed by atoms with E-state index in [0.717, 1.165) is 16.2 Å². The molecule has 1 N–H and O–H groups in total. The molecule has 4 heterocycles. The van der Waals surface area contributed by atoms with Gasteiger partial charge in [-0.05, 0) is 68.8 Å². The number of hydroxylamine groups is 4. The monoisotopic (exact) mass is 880 g/mol. The Kier molecular flexibility index (Phi) is 16.4. The van der Waals surface area contributed by atoms with Gasteiger partial charge in [0.2, 0.25) is 11.6 Å². The van der Waals surface area contributed by atoms with Gasteiger partial charge < -0.3 is 28.6 Å². The predicted octanol–water partition coefficient (Wildman–Crippen LogP) is 1.12. The molecule has 25 heteroatoms. The molecule has 1 unspecified atom stereocenters. The molecule has 2 fully saturated rings. The van der Waals surface area contributed by atoms with Crippen molar-refractivity contribution in [3.8, 4) is 34.3 Å². The van der Waals surface area contributed by atoms with Gasteiger partial charge in [-0.2, -0.15) is 8.42 Å². The first-order valence-corrected chi connectivity index (χ1v) is 20.1. The second-order valence-corrected chi connectivity index (χ2v) is 14.5. The van der Waals surface area contributed by atoms with E-state index in [1.165, 1.54) is 0 Å². The summed E-state index contributed by atoms with van der Waals surface area (Å²) in [5.41, 5.74) is 1.99. The molecule has 2 aliphatic rings. The average Bonchev–Trinajstić information content (AvgIpc) is 3.72. The number of rotatable bonds is 19. The van der Waals surface area contributed by atoms with Crippen LogP contribution in [0.15, 0.2) is 60.8 Å². The maximum atomic E-state index is 11.8. The first-order valence-electron chi connectivity index (χ1n) is 18.6. The van der Waals surface area contributed by atoms with E-state index in [9.17, 15) is 32.4 Å². The van der Waals surface area contributed by atoms with Gasteiger partial charge in [-0.3, -0.25) is 18.9 Å². The molecular weight excluding hydrogens is 841 g/mol. The van der Waals surface area contributed by atoms with Crippen LogP contribution >= 0.6 is 0 Å². The van der Waals surface area contributed by atoms with Gasteiger partial charge in [0.05, 0.1) is 51.4 Å². The third kappa shape index (κ3) is 13.8. The third-order valence-electron chi connectivity index (χ3n) is 8.23. The highest BCUT2D eigenvalue weighted by Gasteiger charge is 2.48. The molecule has 0 spiro atoms. The lowest BCUT2D eigenvalue weighted by molar-refractivity contribution is -0.198. The molecule has 2 saturated heterocycles. The third-order valence-corrected chi connectivity index (χ3v) is 9.31. The lowest BCUT2D eigenvalue weighted by atomic mass is 10.2. The molecule has 2 aromatic carbocycles. The summed E-state index contributed by atoms with van der Waals surface area (Å²) in [6.45, 7) is 8.10. The molecule has 0 bridgehead atoms. The Bertz CT molecular complexity index is 2300. The number of hydrogen-bond acceptors (Lipinski definition) is 21. The van der Waals surface area contributed by atoms with Crippen molar-refractivity contribution < 1.29 is 65.6 Å². The van der Waals surface area contributed by atoms with Crippen molar-refractivity contribution in [3.63, 3.8) is 0 Å². The van der Waals surface area contributed by atoms with E-state index in [1.54, 1.807) is 50.2 Å². The lowest BCUT2D eigenvalue weighted by Crippen LogP contribution is -2.36. The number of nitrogens with zero attached hydrogens (tertiary/aromatic N) is 10. The number of aryl methyl sites for hydroxylation is 2. The molecule has 2 aromatic heterocycles. The largest absolute Gasteiger partial charge is 0.491 e. The van der Waals surface area contributed by atoms with Crippen LogP contribution in [0.25, 0.3) is 22.8 Å². The van der Waals surface area contributed by atoms with Crippen LogP contribution in [0.4, 0.5) is 0 Å². The number of carbonyl (C=O) groups is 5. The first-order chi connectivity index (χ1) is 29.7. The molecule has 24 nitrogen and oxygen atoms in total. The number of allylic oxidation sites excluding steroid dienone is 1. The number of amides is 3. The molecule has 0 aliphatic carbocycles. The highest BCUT2D eigenvalue weighted by Crippen LogP contribution is 2.23. The van der Waals surface area contributed by atoms with Crippen LogP contribution in [0.5, 0.6) is 11.5 Å². The number of hydrogen-bond donors (Lipinski definition) is 1. The molecule has 0 saturated carbocycles. The summed E-state index contributed by atoms with van der Waals surface area (Å²) >= 11 is 0. The van der Waals surface area contributed by atoms with Crippen LogP contribution in [0.3, 0.4) is 0 Å². The predicted molar refractivity (Wildman–Crippen MR) is 207 cm³/mol. The Morgan fingerprint density at radius 2 is 1.08 bits per heavy atom. The van der Waals surface area contributed by atoms with E-state index < -0.39 is 45.5 Å². The van der Waals surface area contributed by atoms with E-state index in [-0.39, 0.29) is 50.2 Å². The van der Waals surface area contributed by atoms with E-state index in [0.29, 0.717) is 66.5 Å². The summed E-state index contributed by atoms with van der Waals surface area (Å²) < 4.78 is 52.7. The van der Waals surface area contributed by atoms with Crippen molar-refractivity contribution in [2.75, 3.05) is 39.6 Å². The fraction of sp³-hybridized carbons (Fsp3) is 0.378. The van der Waals surface area contributed by atoms with E-state index in [1.807, 2.05) is 12.1 Å². The van der Waals surface area contributed by atoms with Crippen LogP contribution in [0, 0.1) is 13.8 Å². The molecule has 3 amide bonds. The van der Waals surface area contributed by atoms with Gasteiger partial charge >= 0.3 is 11.9 Å². The van der Waals surface area contributed by atoms with Crippen molar-refractivity contribution in [3.05, 3.63) is 72.5 Å². The molecule has 62 heavy (non-hydrogen) atoms. The zero-order chi connectivity index (χ0) is 44.6. The summed E-state index contributed by atoms with van der Waals surface area (Å²) in [7, 11) is -4.78. The van der Waals surface area contributed by atoms with Gasteiger partial charge in [0.25, 0.3) is 27.8 Å². The Hall–Kier alpha value is -6.96. The van der Waals surface area contributed by atoms with Crippen molar-refractivity contribution in [1.82, 2.24) is 50.9 Å². The van der Waals surface area contributed by atoms with Crippen LogP contribution in [0.2, 0.25) is 0 Å². The van der Waals surface area contributed by atoms with E-state index in [4.69, 9.17) is 28.3 Å². The normalized spacial score (nSPS) is 15.0. The summed E-state index contributed by atoms with van der Waals surface area (Å²) in [6.07, 6.45) is -0.254. The maximum absolute atomic E-state index is 11.8. The summed E-state index contributed by atoms with van der Waals surface area (Å²) in [4.78, 5) is 68.0. The minimum absolute atomic E-state index is 0.0321. The van der Waals surface area contributed by atoms with E-state index >= 15 is 0 Å². The van der Waals surface area contributed by atoms with Crippen LogP contribution in [0.1, 0.15) is 43.8 Å². The average molecular weight is 881 g/mol. The number of ether oxygens (including phenoxy) is 4. The molecule has 4 aromatic rings. The zero-order valence-corrected chi connectivity index (χ0v) is 34.1. The minimum Gasteiger partial charge on any atom is -0.491 e. The van der Waals surface area contributed by atoms with Gasteiger partial charge in [-0.1, -0.05) is 6.58 Å². The van der Waals surface area contributed by atoms with Gasteiger partial charge in [-0.15, -0.1) is 50.9 Å². The van der Waals surface area contributed by atoms with Crippen LogP contribution in [-0.2, 0) is 53.2 Å². The van der Waals surface area contributed by atoms with Crippen LogP contribution in [-0.4, -0.2) is 138 Å². The molecular formula is C37H40N10O14S. The quantitative estimate of drug-likeness (QED) is 0.0783. The smallest absolute Gasteiger partial charge is 0.335 e. The van der Waals surface area contributed by atoms with Crippen molar-refractivity contribution >= 4 is 39.8 Å². The van der Waals surface area contributed by atoms with Crippen LogP contribution < -0.4 is 9.47 Å². The number of carbonyl (C=O) groups excluding carboxylic acids is 5. The second kappa shape index (κ2) is 22.0. The number of aromatic nitrogens is 8. The Labute approximate surface area is 353 Å². The molecule has 1 atom stereocenters. The summed E-state index contributed by atoms with van der Waals surface area (Å²) in [6, 6.07) is 14.1. The first kappa shape index (κ1) is 46.1. The maximum Gasteiger partial charge on any atom is 0.335 e. The van der Waals surface area contributed by atoms with Gasteiger partial charge in [-0.25, -0.2) is 9.59 Å².